The number of rotatable bonds is 11. The van der Waals surface area contributed by atoms with Gasteiger partial charge in [0.1, 0.15) is 5.82 Å². The summed E-state index contributed by atoms with van der Waals surface area (Å²) in [6.07, 6.45) is 5.06. The molecule has 2 aliphatic rings. The van der Waals surface area contributed by atoms with Crippen LogP contribution in [0.1, 0.15) is 52.0 Å². The van der Waals surface area contributed by atoms with Crippen molar-refractivity contribution in [2.45, 2.75) is 53.0 Å². The summed E-state index contributed by atoms with van der Waals surface area (Å²) in [5.74, 6) is 1.44. The highest BCUT2D eigenvalue weighted by molar-refractivity contribution is 5.96. The van der Waals surface area contributed by atoms with Crippen LogP contribution < -0.4 is 20.9 Å². The molecule has 1 aromatic heterocycles. The molecule has 2 fully saturated rings. The van der Waals surface area contributed by atoms with Crippen molar-refractivity contribution < 1.29 is 9.59 Å². The van der Waals surface area contributed by atoms with Crippen LogP contribution in [0.15, 0.2) is 66.9 Å². The number of amides is 2. The molecular weight excluding hydrogens is 536 g/mol. The number of hydrogen-bond donors (Lipinski definition) is 2. The fourth-order valence-electron chi connectivity index (χ4n) is 5.69. The second-order valence-electron chi connectivity index (χ2n) is 13.1. The molecule has 228 valence electrons. The molecular formula is C35H46N6O2. The average Bonchev–Trinajstić information content (AvgIpc) is 3.84. The van der Waals surface area contributed by atoms with Gasteiger partial charge in [-0.1, -0.05) is 51.1 Å². The molecule has 5 rings (SSSR count). The van der Waals surface area contributed by atoms with E-state index in [1.807, 2.05) is 23.2 Å². The van der Waals surface area contributed by atoms with Crippen LogP contribution in [-0.2, 0) is 16.1 Å². The molecule has 0 radical (unpaired) electrons. The number of nitrogens with one attached hydrogen (secondary N) is 1. The van der Waals surface area contributed by atoms with E-state index in [9.17, 15) is 9.59 Å². The number of piperazine rings is 1. The van der Waals surface area contributed by atoms with E-state index in [1.165, 1.54) is 0 Å². The van der Waals surface area contributed by atoms with Crippen LogP contribution in [0.2, 0.25) is 0 Å². The maximum atomic E-state index is 13.1. The third-order valence-corrected chi connectivity index (χ3v) is 8.06. The Labute approximate surface area is 256 Å². The summed E-state index contributed by atoms with van der Waals surface area (Å²) in [4.78, 5) is 37.2. The standard InChI is InChI=1S/C35H46N6O2/c1-35(2,3)24-33(42)38-30-23-29(13-14-31(30)39-18-20-40(21-19-39)32-10-4-5-16-37-32)28-9-6-8-26(22-28)25-41(17-7-15-36)34(43)27-11-12-27/h4-6,8-10,13-14,16,22-23,27H,7,11-12,15,17-21,24-25,36H2,1-3H3,(H,38,42). The van der Waals surface area contributed by atoms with Crippen molar-refractivity contribution in [3.05, 3.63) is 72.4 Å². The van der Waals surface area contributed by atoms with Crippen LogP contribution >= 0.6 is 0 Å². The summed E-state index contributed by atoms with van der Waals surface area (Å²) in [6.45, 7) is 11.5. The van der Waals surface area contributed by atoms with Gasteiger partial charge in [0, 0.05) is 57.8 Å². The van der Waals surface area contributed by atoms with Gasteiger partial charge in [-0.15, -0.1) is 0 Å². The summed E-state index contributed by atoms with van der Waals surface area (Å²) in [5, 5.41) is 3.25. The quantitative estimate of drug-likeness (QED) is 0.309. The minimum absolute atomic E-state index is 0.0147. The highest BCUT2D eigenvalue weighted by atomic mass is 16.2. The predicted octanol–water partition coefficient (Wildman–Crippen LogP) is 5.54. The number of carbonyl (C=O) groups excluding carboxylic acids is 2. The van der Waals surface area contributed by atoms with E-state index in [0.29, 0.717) is 26.1 Å². The molecule has 0 unspecified atom stereocenters. The molecule has 3 aromatic rings. The molecule has 2 aromatic carbocycles. The smallest absolute Gasteiger partial charge is 0.225 e. The van der Waals surface area contributed by atoms with Crippen LogP contribution in [-0.4, -0.2) is 61.0 Å². The lowest BCUT2D eigenvalue weighted by atomic mass is 9.92. The highest BCUT2D eigenvalue weighted by Gasteiger charge is 2.33. The SMILES string of the molecule is CC(C)(C)CC(=O)Nc1cc(-c2cccc(CN(CCCN)C(=O)C3CC3)c2)ccc1N1CCN(c2ccccn2)CC1. The number of benzene rings is 2. The van der Waals surface area contributed by atoms with Gasteiger partial charge in [0.05, 0.1) is 11.4 Å². The summed E-state index contributed by atoms with van der Waals surface area (Å²) in [7, 11) is 0. The third kappa shape index (κ3) is 8.35. The van der Waals surface area contributed by atoms with Crippen LogP contribution in [0.25, 0.3) is 11.1 Å². The first-order valence-corrected chi connectivity index (χ1v) is 15.6. The summed E-state index contributed by atoms with van der Waals surface area (Å²) in [6, 6.07) is 20.8. The number of nitrogens with zero attached hydrogens (tertiary/aromatic N) is 4. The average molecular weight is 583 g/mol. The van der Waals surface area contributed by atoms with Crippen molar-refractivity contribution in [1.82, 2.24) is 9.88 Å². The van der Waals surface area contributed by atoms with Crippen LogP contribution in [0.4, 0.5) is 17.2 Å². The Bertz CT molecular complexity index is 1390. The van der Waals surface area contributed by atoms with Crippen molar-refractivity contribution in [2.24, 2.45) is 17.1 Å². The predicted molar refractivity (Wildman–Crippen MR) is 175 cm³/mol. The maximum absolute atomic E-state index is 13.1. The zero-order valence-corrected chi connectivity index (χ0v) is 25.9. The molecule has 43 heavy (non-hydrogen) atoms. The van der Waals surface area contributed by atoms with E-state index in [1.54, 1.807) is 0 Å². The Morgan fingerprint density at radius 1 is 0.953 bits per heavy atom. The van der Waals surface area contributed by atoms with E-state index in [-0.39, 0.29) is 23.1 Å². The molecule has 1 aliphatic heterocycles. The molecule has 8 heteroatoms. The Morgan fingerprint density at radius 2 is 1.70 bits per heavy atom. The van der Waals surface area contributed by atoms with Crippen LogP contribution in [0, 0.1) is 11.3 Å². The van der Waals surface area contributed by atoms with E-state index in [0.717, 1.165) is 79.3 Å². The molecule has 1 aliphatic carbocycles. The zero-order chi connectivity index (χ0) is 30.4. The monoisotopic (exact) mass is 582 g/mol. The third-order valence-electron chi connectivity index (χ3n) is 8.06. The van der Waals surface area contributed by atoms with Crippen molar-refractivity contribution in [3.8, 4) is 11.1 Å². The highest BCUT2D eigenvalue weighted by Crippen LogP contribution is 2.35. The fraction of sp³-hybridized carbons (Fsp3) is 0.457. The summed E-state index contributed by atoms with van der Waals surface area (Å²) >= 11 is 0. The van der Waals surface area contributed by atoms with Crippen molar-refractivity contribution >= 4 is 29.0 Å². The second kappa shape index (κ2) is 13.6. The first-order chi connectivity index (χ1) is 20.7. The minimum Gasteiger partial charge on any atom is -0.366 e. The molecule has 0 bridgehead atoms. The second-order valence-corrected chi connectivity index (χ2v) is 13.1. The minimum atomic E-state index is -0.113. The summed E-state index contributed by atoms with van der Waals surface area (Å²) in [5.41, 5.74) is 10.7. The van der Waals surface area contributed by atoms with Crippen molar-refractivity contribution in [2.75, 3.05) is 54.4 Å². The van der Waals surface area contributed by atoms with E-state index in [2.05, 4.69) is 89.4 Å². The summed E-state index contributed by atoms with van der Waals surface area (Å²) < 4.78 is 0. The van der Waals surface area contributed by atoms with Crippen molar-refractivity contribution in [1.29, 1.82) is 0 Å². The van der Waals surface area contributed by atoms with Crippen molar-refractivity contribution in [3.63, 3.8) is 0 Å². The lowest BCUT2D eigenvalue weighted by Gasteiger charge is -2.37. The molecule has 0 spiro atoms. The van der Waals surface area contributed by atoms with Gasteiger partial charge in [-0.05, 0) is 78.2 Å². The van der Waals surface area contributed by atoms with Gasteiger partial charge in [0.2, 0.25) is 11.8 Å². The number of hydrogen-bond acceptors (Lipinski definition) is 6. The van der Waals surface area contributed by atoms with Gasteiger partial charge >= 0.3 is 0 Å². The molecule has 2 heterocycles. The first-order valence-electron chi connectivity index (χ1n) is 15.6. The number of aromatic nitrogens is 1. The maximum Gasteiger partial charge on any atom is 0.225 e. The Morgan fingerprint density at radius 3 is 2.37 bits per heavy atom. The van der Waals surface area contributed by atoms with Crippen LogP contribution in [0.5, 0.6) is 0 Å². The molecule has 1 saturated carbocycles. The Balaban J connectivity index is 1.37. The zero-order valence-electron chi connectivity index (χ0n) is 25.9. The van der Waals surface area contributed by atoms with Gasteiger partial charge in [0.25, 0.3) is 0 Å². The van der Waals surface area contributed by atoms with Gasteiger partial charge in [-0.2, -0.15) is 0 Å². The number of anilines is 3. The largest absolute Gasteiger partial charge is 0.366 e. The Kier molecular flexibility index (Phi) is 9.65. The van der Waals surface area contributed by atoms with E-state index < -0.39 is 0 Å². The topological polar surface area (TPSA) is 94.8 Å². The lowest BCUT2D eigenvalue weighted by Crippen LogP contribution is -2.47. The van der Waals surface area contributed by atoms with Gasteiger partial charge in [-0.25, -0.2) is 4.98 Å². The molecule has 0 atom stereocenters. The molecule has 2 amide bonds. The first kappa shape index (κ1) is 30.5. The molecule has 1 saturated heterocycles. The fourth-order valence-corrected chi connectivity index (χ4v) is 5.69. The molecule has 8 nitrogen and oxygen atoms in total. The lowest BCUT2D eigenvalue weighted by molar-refractivity contribution is -0.133. The number of carbonyl (C=O) groups is 2. The van der Waals surface area contributed by atoms with Crippen LogP contribution in [0.3, 0.4) is 0 Å². The van der Waals surface area contributed by atoms with Gasteiger partial charge in [-0.3, -0.25) is 9.59 Å². The number of nitrogens with two attached hydrogens (primary N) is 1. The van der Waals surface area contributed by atoms with Gasteiger partial charge in [0.15, 0.2) is 0 Å². The molecule has 3 N–H and O–H groups in total. The van der Waals surface area contributed by atoms with Gasteiger partial charge < -0.3 is 25.8 Å². The Hall–Kier alpha value is -3.91. The van der Waals surface area contributed by atoms with E-state index >= 15 is 0 Å². The number of pyridine rings is 1. The normalized spacial score (nSPS) is 15.3. The van der Waals surface area contributed by atoms with E-state index in [4.69, 9.17) is 5.73 Å².